The number of rotatable bonds is 21. The van der Waals surface area contributed by atoms with Gasteiger partial charge in [-0.15, -0.1) is 12.8 Å². The van der Waals surface area contributed by atoms with Gasteiger partial charge in [-0.25, -0.2) is 0 Å². The van der Waals surface area contributed by atoms with Crippen LogP contribution < -0.4 is 27.4 Å². The predicted molar refractivity (Wildman–Crippen MR) is 171 cm³/mol. The van der Waals surface area contributed by atoms with Crippen LogP contribution in [0.5, 0.6) is 0 Å². The summed E-state index contributed by atoms with van der Waals surface area (Å²) >= 11 is 3.98. The molecule has 0 aliphatic carbocycles. The Balaban J connectivity index is -0.000000329. The van der Waals surface area contributed by atoms with E-state index in [9.17, 15) is 28.8 Å². The van der Waals surface area contributed by atoms with Crippen molar-refractivity contribution < 1.29 is 28.8 Å². The van der Waals surface area contributed by atoms with E-state index in [1.807, 2.05) is 6.92 Å². The fourth-order valence-electron chi connectivity index (χ4n) is 2.79. The molecular formula is C29H54N6O6S. The summed E-state index contributed by atoms with van der Waals surface area (Å²) in [6.07, 6.45) is 20.6. The maximum Gasteiger partial charge on any atom is 0.252 e. The third-order valence-electron chi connectivity index (χ3n) is 5.10. The highest BCUT2D eigenvalue weighted by molar-refractivity contribution is 7.80. The van der Waals surface area contributed by atoms with Gasteiger partial charge in [-0.3, -0.25) is 33.7 Å². The van der Waals surface area contributed by atoms with Gasteiger partial charge in [0.2, 0.25) is 30.5 Å². The lowest BCUT2D eigenvalue weighted by atomic mass is 10.1. The molecule has 13 heteroatoms. The summed E-state index contributed by atoms with van der Waals surface area (Å²) in [5, 5.41) is 8.29. The van der Waals surface area contributed by atoms with Crippen LogP contribution in [0.2, 0.25) is 0 Å². The van der Waals surface area contributed by atoms with Crippen molar-refractivity contribution in [3.63, 3.8) is 0 Å². The van der Waals surface area contributed by atoms with Crippen molar-refractivity contribution in [1.82, 2.24) is 20.9 Å². The fourth-order valence-corrected chi connectivity index (χ4v) is 2.95. The number of allylic oxidation sites excluding steroid dienone is 1. The Labute approximate surface area is 257 Å². The van der Waals surface area contributed by atoms with Gasteiger partial charge in [0.05, 0.1) is 6.04 Å². The molecule has 0 rings (SSSR count). The fraction of sp³-hybridized carbons (Fsp3) is 0.655. The van der Waals surface area contributed by atoms with Crippen LogP contribution in [0.25, 0.3) is 0 Å². The van der Waals surface area contributed by atoms with Crippen molar-refractivity contribution in [1.29, 1.82) is 0 Å². The number of imide groups is 1. The lowest BCUT2D eigenvalue weighted by molar-refractivity contribution is -0.134. The Hall–Kier alpha value is -3.37. The van der Waals surface area contributed by atoms with Crippen LogP contribution in [0, 0.1) is 12.8 Å². The van der Waals surface area contributed by atoms with Crippen molar-refractivity contribution in [2.75, 3.05) is 31.9 Å². The monoisotopic (exact) mass is 614 g/mol. The number of terminal acetylenes is 1. The molecule has 6 amide bonds. The molecule has 0 aromatic heterocycles. The molecule has 0 fully saturated rings. The number of hydrogen-bond donors (Lipinski definition) is 6. The third kappa shape index (κ3) is 36.6. The minimum atomic E-state index is -0.537. The first-order valence-electron chi connectivity index (χ1n) is 14.2. The summed E-state index contributed by atoms with van der Waals surface area (Å²) in [6.45, 7) is 7.88. The Morgan fingerprint density at radius 3 is 1.88 bits per heavy atom. The van der Waals surface area contributed by atoms with Crippen LogP contribution in [-0.4, -0.2) is 79.3 Å². The van der Waals surface area contributed by atoms with Crippen LogP contribution >= 0.6 is 12.6 Å². The molecule has 0 heterocycles. The topological polar surface area (TPSA) is 194 Å². The Morgan fingerprint density at radius 2 is 1.43 bits per heavy atom. The second-order valence-corrected chi connectivity index (χ2v) is 9.05. The van der Waals surface area contributed by atoms with Crippen molar-refractivity contribution in [3.05, 3.63) is 12.2 Å². The highest BCUT2D eigenvalue weighted by Crippen LogP contribution is 2.01. The zero-order valence-electron chi connectivity index (χ0n) is 25.6. The van der Waals surface area contributed by atoms with Crippen LogP contribution in [0.1, 0.15) is 85.0 Å². The number of primary amides is 1. The van der Waals surface area contributed by atoms with Gasteiger partial charge in [-0.1, -0.05) is 39.2 Å². The van der Waals surface area contributed by atoms with Crippen LogP contribution in [0.3, 0.4) is 0 Å². The van der Waals surface area contributed by atoms with Gasteiger partial charge in [0.25, 0.3) is 5.91 Å². The summed E-state index contributed by atoms with van der Waals surface area (Å²) in [7, 11) is 0. The smallest absolute Gasteiger partial charge is 0.252 e. The van der Waals surface area contributed by atoms with E-state index in [0.717, 1.165) is 56.3 Å². The van der Waals surface area contributed by atoms with Gasteiger partial charge in [-0.05, 0) is 45.1 Å². The Morgan fingerprint density at radius 1 is 0.905 bits per heavy atom. The molecule has 0 aromatic carbocycles. The highest BCUT2D eigenvalue weighted by Gasteiger charge is 2.09. The molecule has 242 valence electrons. The molecular weight excluding hydrogens is 560 g/mol. The lowest BCUT2D eigenvalue weighted by Gasteiger charge is -2.10. The SMILES string of the molecule is C#C.C/C=C\C(=O)N(C=O)CCC.CCC(N)=O.NC(CS)C(=O)NCCCCCCNC(=O)CCCCCNC=O. The molecule has 0 radical (unpaired) electrons. The van der Waals surface area contributed by atoms with Gasteiger partial charge < -0.3 is 27.4 Å². The Kier molecular flexibility index (Phi) is 40.9. The molecule has 0 aliphatic rings. The summed E-state index contributed by atoms with van der Waals surface area (Å²) in [6, 6.07) is -0.537. The maximum atomic E-state index is 11.6. The first-order chi connectivity index (χ1) is 20.1. The number of unbranched alkanes of at least 4 members (excludes halogenated alkanes) is 5. The van der Waals surface area contributed by atoms with E-state index in [2.05, 4.69) is 47.2 Å². The molecule has 0 bridgehead atoms. The number of carbonyl (C=O) groups excluding carboxylic acids is 6. The minimum Gasteiger partial charge on any atom is -0.370 e. The van der Waals surface area contributed by atoms with Crippen molar-refractivity contribution in [3.8, 4) is 12.8 Å². The molecule has 0 saturated carbocycles. The Bertz CT molecular complexity index is 764. The number of nitrogens with one attached hydrogen (secondary N) is 3. The molecule has 1 atom stereocenters. The summed E-state index contributed by atoms with van der Waals surface area (Å²) in [4.78, 5) is 65.0. The molecule has 42 heavy (non-hydrogen) atoms. The van der Waals surface area contributed by atoms with E-state index in [0.29, 0.717) is 57.6 Å². The number of carbonyl (C=O) groups is 6. The number of nitrogens with two attached hydrogens (primary N) is 2. The van der Waals surface area contributed by atoms with Crippen LogP contribution in [0.4, 0.5) is 0 Å². The molecule has 1 unspecified atom stereocenters. The van der Waals surface area contributed by atoms with Crippen molar-refractivity contribution in [2.24, 2.45) is 11.5 Å². The third-order valence-corrected chi connectivity index (χ3v) is 5.49. The normalized spacial score (nSPS) is 10.2. The first-order valence-corrected chi connectivity index (χ1v) is 14.9. The number of hydrogen-bond acceptors (Lipinski definition) is 8. The first kappa shape index (κ1) is 45.6. The predicted octanol–water partition coefficient (Wildman–Crippen LogP) is 1.43. The average molecular weight is 615 g/mol. The molecule has 0 aromatic rings. The zero-order valence-corrected chi connectivity index (χ0v) is 26.5. The van der Waals surface area contributed by atoms with Gasteiger partial charge in [-0.2, -0.15) is 12.6 Å². The summed E-state index contributed by atoms with van der Waals surface area (Å²) in [5.74, 6) is -0.207. The molecule has 0 aliphatic heterocycles. The number of nitrogens with zero attached hydrogens (tertiary/aromatic N) is 1. The van der Waals surface area contributed by atoms with Gasteiger partial charge in [0, 0.05) is 44.8 Å². The lowest BCUT2D eigenvalue weighted by Crippen LogP contribution is -2.42. The molecule has 0 saturated heterocycles. The molecule has 7 N–H and O–H groups in total. The van der Waals surface area contributed by atoms with Crippen LogP contribution in [0.15, 0.2) is 12.2 Å². The van der Waals surface area contributed by atoms with E-state index in [1.165, 1.54) is 6.08 Å². The van der Waals surface area contributed by atoms with Crippen LogP contribution in [-0.2, 0) is 28.8 Å². The maximum absolute atomic E-state index is 11.6. The number of thiol groups is 1. The van der Waals surface area contributed by atoms with Gasteiger partial charge in [0.15, 0.2) is 0 Å². The second-order valence-electron chi connectivity index (χ2n) is 8.68. The van der Waals surface area contributed by atoms with Gasteiger partial charge in [0.1, 0.15) is 0 Å². The van der Waals surface area contributed by atoms with Crippen molar-refractivity contribution >= 4 is 49.1 Å². The minimum absolute atomic E-state index is 0.0892. The van der Waals surface area contributed by atoms with E-state index in [-0.39, 0.29) is 23.6 Å². The number of amides is 6. The van der Waals surface area contributed by atoms with E-state index >= 15 is 0 Å². The van der Waals surface area contributed by atoms with E-state index in [4.69, 9.17) is 5.73 Å². The van der Waals surface area contributed by atoms with Gasteiger partial charge >= 0.3 is 0 Å². The average Bonchev–Trinajstić information content (AvgIpc) is 3.00. The zero-order chi connectivity index (χ0) is 33.0. The highest BCUT2D eigenvalue weighted by atomic mass is 32.1. The van der Waals surface area contributed by atoms with E-state index in [1.54, 1.807) is 19.9 Å². The summed E-state index contributed by atoms with van der Waals surface area (Å²) in [5.41, 5.74) is 10.2. The summed E-state index contributed by atoms with van der Waals surface area (Å²) < 4.78 is 0. The van der Waals surface area contributed by atoms with Crippen molar-refractivity contribution in [2.45, 2.75) is 91.0 Å². The van der Waals surface area contributed by atoms with E-state index < -0.39 is 6.04 Å². The quantitative estimate of drug-likeness (QED) is 0.0370. The largest absolute Gasteiger partial charge is 0.370 e. The molecule has 0 spiro atoms. The standard InChI is InChI=1S/C16H32N4O3S.C8H13NO2.C3H7NO.C2H2/c17-14(12-24)16(23)20-11-7-2-1-6-10-19-15(22)8-4-3-5-9-18-13-21;1-3-5-8(11)9(7-10)6-4-2;1-2-3(4)5;1-2/h13-14,24H,1-12,17H2,(H,18,21)(H,19,22)(H,20,23);3,5,7H,4,6H2,1-2H3;2H2,1H3,(H2,4,5);1-2H/b;5-3-;;. The second kappa shape index (κ2) is 37.6. The molecule has 12 nitrogen and oxygen atoms in total.